The van der Waals surface area contributed by atoms with E-state index in [4.69, 9.17) is 8.94 Å². The first-order valence-corrected chi connectivity index (χ1v) is 10.4. The Morgan fingerprint density at radius 3 is 2.73 bits per heavy atom. The van der Waals surface area contributed by atoms with Gasteiger partial charge in [-0.05, 0) is 62.9 Å². The number of hydrogen-bond donors (Lipinski definition) is 1. The van der Waals surface area contributed by atoms with E-state index in [0.717, 1.165) is 50.0 Å². The van der Waals surface area contributed by atoms with E-state index >= 15 is 0 Å². The molecule has 4 heterocycles. The van der Waals surface area contributed by atoms with E-state index in [1.54, 1.807) is 12.3 Å². The monoisotopic (exact) mass is 432 g/mol. The molecule has 0 bridgehead atoms. The van der Waals surface area contributed by atoms with Gasteiger partial charge in [-0.25, -0.2) is 4.98 Å². The zero-order valence-corrected chi connectivity index (χ0v) is 18.5. The van der Waals surface area contributed by atoms with Crippen LogP contribution >= 0.6 is 12.4 Å². The molecule has 1 aliphatic heterocycles. The first kappa shape index (κ1) is 22.3. The van der Waals surface area contributed by atoms with Crippen LogP contribution in [-0.4, -0.2) is 47.6 Å². The molecule has 1 N–H and O–H groups in total. The lowest BCUT2D eigenvalue weighted by molar-refractivity contribution is 0.0689. The highest BCUT2D eigenvalue weighted by molar-refractivity contribution is 6.07. The fourth-order valence-corrected chi connectivity index (χ4v) is 4.03. The Balaban J connectivity index is 0.00000256. The number of carbonyl (C=O) groups is 1. The lowest BCUT2D eigenvalue weighted by atomic mass is 9.93. The SMILES string of the molecule is CNCCC1CCN(C(=O)c2cc(-c3ccco3)nc3onc(C(C)C)c23)CC1.Cl. The van der Waals surface area contributed by atoms with Crippen molar-refractivity contribution in [2.24, 2.45) is 5.92 Å². The van der Waals surface area contributed by atoms with Crippen LogP contribution in [0.2, 0.25) is 0 Å². The van der Waals surface area contributed by atoms with Crippen molar-refractivity contribution in [3.8, 4) is 11.5 Å². The molecule has 1 amide bonds. The molecule has 0 spiro atoms. The van der Waals surface area contributed by atoms with Gasteiger partial charge in [0, 0.05) is 13.1 Å². The predicted molar refractivity (Wildman–Crippen MR) is 118 cm³/mol. The molecule has 30 heavy (non-hydrogen) atoms. The molecule has 1 saturated heterocycles. The van der Waals surface area contributed by atoms with E-state index in [9.17, 15) is 4.79 Å². The van der Waals surface area contributed by atoms with Crippen molar-refractivity contribution in [3.63, 3.8) is 0 Å². The minimum atomic E-state index is 0. The number of likely N-dealkylation sites (tertiary alicyclic amines) is 1. The third-order valence-corrected chi connectivity index (χ3v) is 5.73. The molecule has 0 aromatic carbocycles. The molecule has 0 aliphatic carbocycles. The molecule has 8 heteroatoms. The Morgan fingerprint density at radius 2 is 2.10 bits per heavy atom. The Bertz CT molecular complexity index is 976. The maximum absolute atomic E-state index is 13.5. The van der Waals surface area contributed by atoms with Gasteiger partial charge in [-0.15, -0.1) is 12.4 Å². The van der Waals surface area contributed by atoms with E-state index in [1.165, 1.54) is 0 Å². The van der Waals surface area contributed by atoms with Gasteiger partial charge in [-0.3, -0.25) is 4.79 Å². The van der Waals surface area contributed by atoms with Crippen molar-refractivity contribution in [3.05, 3.63) is 35.7 Å². The van der Waals surface area contributed by atoms with Gasteiger partial charge >= 0.3 is 0 Å². The van der Waals surface area contributed by atoms with E-state index in [2.05, 4.69) is 15.5 Å². The molecule has 0 radical (unpaired) electrons. The first-order chi connectivity index (χ1) is 14.1. The molecule has 0 unspecified atom stereocenters. The van der Waals surface area contributed by atoms with E-state index < -0.39 is 0 Å². The van der Waals surface area contributed by atoms with E-state index in [-0.39, 0.29) is 24.2 Å². The summed E-state index contributed by atoms with van der Waals surface area (Å²) >= 11 is 0. The van der Waals surface area contributed by atoms with Gasteiger partial charge in [0.2, 0.25) is 0 Å². The van der Waals surface area contributed by atoms with Crippen molar-refractivity contribution in [2.45, 2.75) is 39.0 Å². The average molecular weight is 433 g/mol. The Hall–Kier alpha value is -2.38. The van der Waals surface area contributed by atoms with Crippen LogP contribution in [0.3, 0.4) is 0 Å². The normalized spacial score (nSPS) is 15.0. The molecule has 3 aromatic heterocycles. The topological polar surface area (TPSA) is 84.4 Å². The smallest absolute Gasteiger partial charge is 0.259 e. The number of amides is 1. The predicted octanol–water partition coefficient (Wildman–Crippen LogP) is 4.49. The van der Waals surface area contributed by atoms with Gasteiger partial charge in [-0.2, -0.15) is 0 Å². The highest BCUT2D eigenvalue weighted by atomic mass is 35.5. The summed E-state index contributed by atoms with van der Waals surface area (Å²) in [6.45, 7) is 6.65. The summed E-state index contributed by atoms with van der Waals surface area (Å²) in [7, 11) is 1.98. The van der Waals surface area contributed by atoms with Crippen LogP contribution in [0.4, 0.5) is 0 Å². The summed E-state index contributed by atoms with van der Waals surface area (Å²) in [5.74, 6) is 1.42. The Labute approximate surface area is 182 Å². The number of piperidine rings is 1. The maximum atomic E-state index is 13.5. The van der Waals surface area contributed by atoms with Gasteiger partial charge in [0.05, 0.1) is 22.9 Å². The van der Waals surface area contributed by atoms with Crippen molar-refractivity contribution in [1.29, 1.82) is 0 Å². The van der Waals surface area contributed by atoms with Gasteiger partial charge in [0.15, 0.2) is 5.76 Å². The summed E-state index contributed by atoms with van der Waals surface area (Å²) < 4.78 is 11.0. The number of halogens is 1. The van der Waals surface area contributed by atoms with Gasteiger partial charge in [0.1, 0.15) is 5.69 Å². The Kier molecular flexibility index (Phi) is 7.15. The summed E-state index contributed by atoms with van der Waals surface area (Å²) in [4.78, 5) is 20.0. The van der Waals surface area contributed by atoms with Crippen LogP contribution < -0.4 is 5.32 Å². The molecule has 162 valence electrons. The minimum absolute atomic E-state index is 0. The van der Waals surface area contributed by atoms with Gasteiger partial charge in [-0.1, -0.05) is 19.0 Å². The largest absolute Gasteiger partial charge is 0.463 e. The van der Waals surface area contributed by atoms with Gasteiger partial charge < -0.3 is 19.2 Å². The first-order valence-electron chi connectivity index (χ1n) is 10.4. The number of nitrogens with one attached hydrogen (secondary N) is 1. The number of rotatable bonds is 6. The van der Waals surface area contributed by atoms with Crippen LogP contribution in [-0.2, 0) is 0 Å². The maximum Gasteiger partial charge on any atom is 0.259 e. The van der Waals surface area contributed by atoms with Crippen molar-refractivity contribution < 1.29 is 13.7 Å². The molecule has 4 rings (SSSR count). The zero-order chi connectivity index (χ0) is 20.4. The lowest BCUT2D eigenvalue weighted by Crippen LogP contribution is -2.39. The van der Waals surface area contributed by atoms with Crippen molar-refractivity contribution in [1.82, 2.24) is 20.4 Å². The van der Waals surface area contributed by atoms with Crippen LogP contribution in [0, 0.1) is 5.92 Å². The average Bonchev–Trinajstić information content (AvgIpc) is 3.41. The van der Waals surface area contributed by atoms with Crippen LogP contribution in [0.1, 0.15) is 55.1 Å². The van der Waals surface area contributed by atoms with E-state index in [1.807, 2.05) is 37.9 Å². The van der Waals surface area contributed by atoms with Crippen molar-refractivity contribution >= 4 is 29.4 Å². The molecule has 7 nitrogen and oxygen atoms in total. The zero-order valence-electron chi connectivity index (χ0n) is 17.7. The molecule has 3 aromatic rings. The number of nitrogens with zero attached hydrogens (tertiary/aromatic N) is 3. The molecule has 0 atom stereocenters. The number of carbonyl (C=O) groups excluding carboxylic acids is 1. The summed E-state index contributed by atoms with van der Waals surface area (Å²) in [6, 6.07) is 5.45. The highest BCUT2D eigenvalue weighted by Gasteiger charge is 2.28. The molecular weight excluding hydrogens is 404 g/mol. The van der Waals surface area contributed by atoms with E-state index in [0.29, 0.717) is 28.6 Å². The second kappa shape index (κ2) is 9.62. The third kappa shape index (κ3) is 4.37. The number of furan rings is 1. The number of fused-ring (bicyclic) bond motifs is 1. The van der Waals surface area contributed by atoms with Gasteiger partial charge in [0.25, 0.3) is 11.6 Å². The summed E-state index contributed by atoms with van der Waals surface area (Å²) in [5.41, 5.74) is 2.34. The molecule has 1 aliphatic rings. The summed E-state index contributed by atoms with van der Waals surface area (Å²) in [5, 5.41) is 8.14. The van der Waals surface area contributed by atoms with Crippen LogP contribution in [0.25, 0.3) is 22.6 Å². The summed E-state index contributed by atoms with van der Waals surface area (Å²) in [6.07, 6.45) is 4.82. The second-order valence-electron chi connectivity index (χ2n) is 8.06. The Morgan fingerprint density at radius 1 is 1.33 bits per heavy atom. The lowest BCUT2D eigenvalue weighted by Gasteiger charge is -2.32. The number of hydrogen-bond acceptors (Lipinski definition) is 6. The molecular formula is C22H29ClN4O3. The van der Waals surface area contributed by atoms with Crippen LogP contribution in [0.15, 0.2) is 33.4 Å². The van der Waals surface area contributed by atoms with Crippen molar-refractivity contribution in [2.75, 3.05) is 26.7 Å². The second-order valence-corrected chi connectivity index (χ2v) is 8.06. The fraction of sp³-hybridized carbons (Fsp3) is 0.500. The number of pyridine rings is 1. The third-order valence-electron chi connectivity index (χ3n) is 5.73. The number of aromatic nitrogens is 2. The molecule has 1 fully saturated rings. The standard InChI is InChI=1S/C22H28N4O3.ClH/c1-14(2)20-19-16(22(27)26-10-7-15(8-11-26)6-9-23-3)13-17(18-5-4-12-28-18)24-21(19)29-25-20;/h4-5,12-15,23H,6-11H2,1-3H3;1H. The van der Waals surface area contributed by atoms with Crippen LogP contribution in [0.5, 0.6) is 0 Å². The molecule has 0 saturated carbocycles. The highest BCUT2D eigenvalue weighted by Crippen LogP contribution is 2.32. The minimum Gasteiger partial charge on any atom is -0.463 e. The quantitative estimate of drug-likeness (QED) is 0.617. The fourth-order valence-electron chi connectivity index (χ4n) is 4.03.